The topological polar surface area (TPSA) is 76.2 Å². The number of halogens is 3. The van der Waals surface area contributed by atoms with E-state index in [1.54, 1.807) is 22.6 Å². The summed E-state index contributed by atoms with van der Waals surface area (Å²) in [7, 11) is 0. The molecule has 82 valence electrons. The van der Waals surface area contributed by atoms with Gasteiger partial charge in [0.15, 0.2) is 0 Å². The number of carboxylic acid groups (broad SMARTS) is 1. The summed E-state index contributed by atoms with van der Waals surface area (Å²) in [5.74, 6) is -1.15. The van der Waals surface area contributed by atoms with Crippen LogP contribution in [0.2, 0.25) is 0 Å². The van der Waals surface area contributed by atoms with Gasteiger partial charge in [0.25, 0.3) is 6.43 Å². The summed E-state index contributed by atoms with van der Waals surface area (Å²) in [4.78, 5) is 14.1. The van der Waals surface area contributed by atoms with E-state index in [1.165, 1.54) is 0 Å². The average Bonchev–Trinajstić information content (AvgIpc) is 2.09. The second-order valence-corrected chi connectivity index (χ2v) is 3.92. The number of anilines is 1. The molecular formula is C8H7F2IN2O2. The lowest BCUT2D eigenvalue weighted by Gasteiger charge is -2.08. The van der Waals surface area contributed by atoms with Crippen molar-refractivity contribution < 1.29 is 18.7 Å². The van der Waals surface area contributed by atoms with Crippen molar-refractivity contribution in [1.82, 2.24) is 4.98 Å². The van der Waals surface area contributed by atoms with Crippen molar-refractivity contribution >= 4 is 34.4 Å². The fraction of sp³-hybridized carbons (Fsp3) is 0.250. The van der Waals surface area contributed by atoms with Crippen molar-refractivity contribution in [3.8, 4) is 0 Å². The van der Waals surface area contributed by atoms with Gasteiger partial charge in [-0.15, -0.1) is 0 Å². The SMILES string of the molecule is Nc1nc(CC(=O)O)c(C(F)F)cc1I. The van der Waals surface area contributed by atoms with Crippen molar-refractivity contribution in [2.75, 3.05) is 5.73 Å². The van der Waals surface area contributed by atoms with Crippen LogP contribution in [0.15, 0.2) is 6.07 Å². The Morgan fingerprint density at radius 3 is 2.73 bits per heavy atom. The number of nitrogen functional groups attached to an aromatic ring is 1. The van der Waals surface area contributed by atoms with Gasteiger partial charge < -0.3 is 10.8 Å². The molecule has 0 fully saturated rings. The van der Waals surface area contributed by atoms with Gasteiger partial charge in [-0.3, -0.25) is 4.79 Å². The summed E-state index contributed by atoms with van der Waals surface area (Å²) >= 11 is 1.77. The number of nitrogens with zero attached hydrogens (tertiary/aromatic N) is 1. The number of carboxylic acids is 1. The molecule has 7 heteroatoms. The van der Waals surface area contributed by atoms with Gasteiger partial charge in [0.05, 0.1) is 15.7 Å². The van der Waals surface area contributed by atoms with Crippen molar-refractivity contribution in [3.63, 3.8) is 0 Å². The Bertz CT molecular complexity index is 398. The molecule has 0 spiro atoms. The van der Waals surface area contributed by atoms with Gasteiger partial charge >= 0.3 is 5.97 Å². The molecule has 1 aromatic heterocycles. The molecule has 0 saturated carbocycles. The van der Waals surface area contributed by atoms with Crippen LogP contribution in [0.5, 0.6) is 0 Å². The molecule has 0 aliphatic carbocycles. The summed E-state index contributed by atoms with van der Waals surface area (Å²) in [6.07, 6.45) is -3.30. The highest BCUT2D eigenvalue weighted by atomic mass is 127. The quantitative estimate of drug-likeness (QED) is 0.830. The first-order valence-corrected chi connectivity index (χ1v) is 4.94. The third-order valence-electron chi connectivity index (χ3n) is 1.67. The zero-order valence-corrected chi connectivity index (χ0v) is 9.53. The molecule has 1 rings (SSSR count). The molecule has 0 bridgehead atoms. The van der Waals surface area contributed by atoms with Crippen LogP contribution in [0.25, 0.3) is 0 Å². The molecule has 0 unspecified atom stereocenters. The monoisotopic (exact) mass is 328 g/mol. The number of rotatable bonds is 3. The Balaban J connectivity index is 3.21. The second kappa shape index (κ2) is 4.69. The predicted octanol–water partition coefficient (Wildman–Crippen LogP) is 1.83. The van der Waals surface area contributed by atoms with Gasteiger partial charge in [-0.05, 0) is 28.7 Å². The van der Waals surface area contributed by atoms with Gasteiger partial charge in [-0.25, -0.2) is 13.8 Å². The van der Waals surface area contributed by atoms with Crippen LogP contribution in [0.1, 0.15) is 17.7 Å². The van der Waals surface area contributed by atoms with Crippen molar-refractivity contribution in [3.05, 3.63) is 20.9 Å². The van der Waals surface area contributed by atoms with Crippen molar-refractivity contribution in [2.24, 2.45) is 0 Å². The van der Waals surface area contributed by atoms with E-state index in [0.717, 1.165) is 6.07 Å². The van der Waals surface area contributed by atoms with Gasteiger partial charge in [0.2, 0.25) is 0 Å². The Morgan fingerprint density at radius 2 is 2.27 bits per heavy atom. The molecule has 1 heterocycles. The molecule has 0 atom stereocenters. The van der Waals surface area contributed by atoms with Crippen LogP contribution in [-0.2, 0) is 11.2 Å². The van der Waals surface area contributed by atoms with E-state index in [4.69, 9.17) is 10.8 Å². The van der Waals surface area contributed by atoms with E-state index in [-0.39, 0.29) is 17.1 Å². The molecule has 15 heavy (non-hydrogen) atoms. The van der Waals surface area contributed by atoms with Crippen LogP contribution in [0, 0.1) is 3.57 Å². The summed E-state index contributed by atoms with van der Waals surface area (Å²) < 4.78 is 25.4. The predicted molar refractivity (Wildman–Crippen MR) is 57.7 cm³/mol. The van der Waals surface area contributed by atoms with E-state index in [9.17, 15) is 13.6 Å². The average molecular weight is 328 g/mol. The van der Waals surface area contributed by atoms with Crippen LogP contribution in [0.4, 0.5) is 14.6 Å². The molecule has 0 amide bonds. The first-order chi connectivity index (χ1) is 6.91. The van der Waals surface area contributed by atoms with E-state index in [0.29, 0.717) is 3.57 Å². The summed E-state index contributed by atoms with van der Waals surface area (Å²) in [6.45, 7) is 0. The molecule has 4 nitrogen and oxygen atoms in total. The molecule has 0 aliphatic heterocycles. The van der Waals surface area contributed by atoms with Crippen molar-refractivity contribution in [2.45, 2.75) is 12.8 Å². The molecule has 3 N–H and O–H groups in total. The first-order valence-electron chi connectivity index (χ1n) is 3.86. The van der Waals surface area contributed by atoms with E-state index < -0.39 is 18.8 Å². The lowest BCUT2D eigenvalue weighted by molar-refractivity contribution is -0.136. The number of hydrogen-bond donors (Lipinski definition) is 2. The number of aliphatic carboxylic acids is 1. The molecule has 1 aromatic rings. The maximum atomic E-state index is 12.5. The fourth-order valence-electron chi connectivity index (χ4n) is 1.03. The van der Waals surface area contributed by atoms with Crippen LogP contribution in [-0.4, -0.2) is 16.1 Å². The number of hydrogen-bond acceptors (Lipinski definition) is 3. The van der Waals surface area contributed by atoms with Crippen LogP contribution < -0.4 is 5.73 Å². The maximum absolute atomic E-state index is 12.5. The maximum Gasteiger partial charge on any atom is 0.309 e. The Labute approximate surface area is 97.6 Å². The molecule has 0 aliphatic rings. The van der Waals surface area contributed by atoms with E-state index in [1.807, 2.05) is 0 Å². The van der Waals surface area contributed by atoms with E-state index >= 15 is 0 Å². The van der Waals surface area contributed by atoms with E-state index in [2.05, 4.69) is 4.98 Å². The smallest absolute Gasteiger partial charge is 0.309 e. The Hall–Kier alpha value is -0.990. The highest BCUT2D eigenvalue weighted by Gasteiger charge is 2.18. The summed E-state index contributed by atoms with van der Waals surface area (Å²) in [5, 5.41) is 8.51. The summed E-state index contributed by atoms with van der Waals surface area (Å²) in [6, 6.07) is 1.16. The normalized spacial score (nSPS) is 10.7. The molecule has 0 aromatic carbocycles. The molecular weight excluding hydrogens is 321 g/mol. The van der Waals surface area contributed by atoms with Gasteiger partial charge in [-0.1, -0.05) is 0 Å². The van der Waals surface area contributed by atoms with Gasteiger partial charge in [-0.2, -0.15) is 0 Å². The summed E-state index contributed by atoms with van der Waals surface area (Å²) in [5.41, 5.74) is 4.85. The third-order valence-corrected chi connectivity index (χ3v) is 2.53. The largest absolute Gasteiger partial charge is 0.481 e. The standard InChI is InChI=1S/C8H7F2IN2O2/c9-7(10)3-1-4(11)8(12)13-5(3)2-6(14)15/h1,7H,2H2,(H2,12,13)(H,14,15). The number of alkyl halides is 2. The fourth-order valence-corrected chi connectivity index (χ4v) is 1.49. The zero-order valence-electron chi connectivity index (χ0n) is 7.38. The number of pyridine rings is 1. The zero-order chi connectivity index (χ0) is 11.6. The molecule has 0 saturated heterocycles. The Morgan fingerprint density at radius 1 is 1.67 bits per heavy atom. The minimum absolute atomic E-state index is 0.0660. The number of carbonyl (C=O) groups is 1. The van der Waals surface area contributed by atoms with Crippen LogP contribution in [0.3, 0.4) is 0 Å². The second-order valence-electron chi connectivity index (χ2n) is 2.76. The highest BCUT2D eigenvalue weighted by Crippen LogP contribution is 2.26. The number of aromatic nitrogens is 1. The van der Waals surface area contributed by atoms with Gasteiger partial charge in [0, 0.05) is 5.56 Å². The third kappa shape index (κ3) is 2.98. The lowest BCUT2D eigenvalue weighted by atomic mass is 10.1. The first kappa shape index (κ1) is 12.1. The molecule has 0 radical (unpaired) electrons. The van der Waals surface area contributed by atoms with Crippen molar-refractivity contribution in [1.29, 1.82) is 0 Å². The highest BCUT2D eigenvalue weighted by molar-refractivity contribution is 14.1. The lowest BCUT2D eigenvalue weighted by Crippen LogP contribution is -2.09. The number of nitrogens with two attached hydrogens (primary N) is 1. The van der Waals surface area contributed by atoms with Gasteiger partial charge in [0.1, 0.15) is 5.82 Å². The Kier molecular flexibility index (Phi) is 3.77. The minimum atomic E-state index is -2.75. The van der Waals surface area contributed by atoms with Crippen LogP contribution >= 0.6 is 22.6 Å². The minimum Gasteiger partial charge on any atom is -0.481 e.